The van der Waals surface area contributed by atoms with Gasteiger partial charge in [-0.05, 0) is 24.3 Å². The molecule has 0 aliphatic heterocycles. The summed E-state index contributed by atoms with van der Waals surface area (Å²) in [6, 6.07) is 13.8. The fourth-order valence-corrected chi connectivity index (χ4v) is 1.79. The summed E-state index contributed by atoms with van der Waals surface area (Å²) < 4.78 is 0. The molecule has 0 radical (unpaired) electrons. The predicted molar refractivity (Wildman–Crippen MR) is 70.2 cm³/mol. The maximum atomic E-state index is 5.99. The number of nitrogen functional groups attached to an aromatic ring is 1. The summed E-state index contributed by atoms with van der Waals surface area (Å²) in [5.74, 6) is 0. The molecule has 0 unspecified atom stereocenters. The molecule has 4 heteroatoms. The predicted octanol–water partition coefficient (Wildman–Crippen LogP) is 2.89. The van der Waals surface area contributed by atoms with Crippen molar-refractivity contribution in [2.75, 3.05) is 11.1 Å². The van der Waals surface area contributed by atoms with Gasteiger partial charge in [-0.25, -0.2) is 0 Å². The Labute approximate surface area is 98.5 Å². The average Bonchev–Trinajstić information content (AvgIpc) is 2.78. The zero-order chi connectivity index (χ0) is 11.7. The van der Waals surface area contributed by atoms with E-state index in [1.54, 1.807) is 6.20 Å². The van der Waals surface area contributed by atoms with E-state index in [4.69, 9.17) is 5.73 Å². The molecule has 1 heterocycles. The molecular weight excluding hydrogens is 212 g/mol. The smallest absolute Gasteiger partial charge is 0.0672 e. The van der Waals surface area contributed by atoms with Gasteiger partial charge in [-0.2, -0.15) is 5.10 Å². The minimum absolute atomic E-state index is 0.711. The van der Waals surface area contributed by atoms with Crippen molar-refractivity contribution >= 4 is 28.0 Å². The van der Waals surface area contributed by atoms with E-state index in [9.17, 15) is 0 Å². The molecule has 84 valence electrons. The summed E-state index contributed by atoms with van der Waals surface area (Å²) in [6.45, 7) is 0. The van der Waals surface area contributed by atoms with E-state index in [2.05, 4.69) is 15.5 Å². The van der Waals surface area contributed by atoms with E-state index < -0.39 is 0 Å². The Bertz CT molecular complexity index is 643. The number of hydrogen-bond acceptors (Lipinski definition) is 3. The van der Waals surface area contributed by atoms with Gasteiger partial charge in [0.05, 0.1) is 23.1 Å². The number of fused-ring (bicyclic) bond motifs is 1. The van der Waals surface area contributed by atoms with Crippen molar-refractivity contribution < 1.29 is 0 Å². The number of aromatic amines is 1. The molecule has 17 heavy (non-hydrogen) atoms. The summed E-state index contributed by atoms with van der Waals surface area (Å²) in [5.41, 5.74) is 9.56. The molecule has 3 aromatic rings. The standard InChI is InChI=1S/C13H12N4/c14-11-6-9-8-15-17-12(9)7-13(11)16-10-4-2-1-3-5-10/h1-8,16H,14H2,(H,15,17). The molecule has 1 aromatic heterocycles. The third-order valence-electron chi connectivity index (χ3n) is 2.66. The second-order valence-electron chi connectivity index (χ2n) is 3.89. The van der Waals surface area contributed by atoms with Gasteiger partial charge in [-0.1, -0.05) is 18.2 Å². The average molecular weight is 224 g/mol. The van der Waals surface area contributed by atoms with Crippen LogP contribution in [-0.2, 0) is 0 Å². The van der Waals surface area contributed by atoms with E-state index in [0.29, 0.717) is 5.69 Å². The van der Waals surface area contributed by atoms with Crippen molar-refractivity contribution in [3.05, 3.63) is 48.7 Å². The molecule has 3 rings (SSSR count). The Balaban J connectivity index is 2.02. The van der Waals surface area contributed by atoms with Gasteiger partial charge in [0.25, 0.3) is 0 Å². The van der Waals surface area contributed by atoms with E-state index in [0.717, 1.165) is 22.3 Å². The van der Waals surface area contributed by atoms with Crippen LogP contribution in [0.4, 0.5) is 17.1 Å². The van der Waals surface area contributed by atoms with Crippen LogP contribution in [0.3, 0.4) is 0 Å². The number of rotatable bonds is 2. The number of nitrogens with one attached hydrogen (secondary N) is 2. The van der Waals surface area contributed by atoms with Gasteiger partial charge < -0.3 is 11.1 Å². The Morgan fingerprint density at radius 2 is 1.94 bits per heavy atom. The number of nitrogens with zero attached hydrogens (tertiary/aromatic N) is 1. The molecule has 2 aromatic carbocycles. The minimum Gasteiger partial charge on any atom is -0.397 e. The normalized spacial score (nSPS) is 10.6. The van der Waals surface area contributed by atoms with Crippen LogP contribution < -0.4 is 11.1 Å². The van der Waals surface area contributed by atoms with E-state index in [1.165, 1.54) is 0 Å². The lowest BCUT2D eigenvalue weighted by atomic mass is 10.2. The molecular formula is C13H12N4. The molecule has 0 spiro atoms. The molecule has 0 atom stereocenters. The highest BCUT2D eigenvalue weighted by Crippen LogP contribution is 2.27. The largest absolute Gasteiger partial charge is 0.397 e. The van der Waals surface area contributed by atoms with Crippen LogP contribution >= 0.6 is 0 Å². The van der Waals surface area contributed by atoms with Crippen LogP contribution in [0.1, 0.15) is 0 Å². The number of anilines is 3. The summed E-state index contributed by atoms with van der Waals surface area (Å²) in [5, 5.41) is 11.2. The maximum absolute atomic E-state index is 5.99. The SMILES string of the molecule is Nc1cc2cn[nH]c2cc1Nc1ccccc1. The highest BCUT2D eigenvalue weighted by Gasteiger charge is 2.03. The zero-order valence-corrected chi connectivity index (χ0v) is 9.14. The molecule has 4 N–H and O–H groups in total. The van der Waals surface area contributed by atoms with E-state index in [1.807, 2.05) is 42.5 Å². The summed E-state index contributed by atoms with van der Waals surface area (Å²) in [4.78, 5) is 0. The Morgan fingerprint density at radius 1 is 1.12 bits per heavy atom. The van der Waals surface area contributed by atoms with Gasteiger partial charge in [0, 0.05) is 11.1 Å². The van der Waals surface area contributed by atoms with Gasteiger partial charge in [0.1, 0.15) is 0 Å². The number of para-hydroxylation sites is 1. The van der Waals surface area contributed by atoms with Gasteiger partial charge in [-0.15, -0.1) is 0 Å². The second kappa shape index (κ2) is 3.83. The van der Waals surface area contributed by atoms with Crippen LogP contribution in [-0.4, -0.2) is 10.2 Å². The molecule has 0 saturated heterocycles. The van der Waals surface area contributed by atoms with Crippen LogP contribution in [0.2, 0.25) is 0 Å². The zero-order valence-electron chi connectivity index (χ0n) is 9.14. The molecule has 0 aliphatic carbocycles. The van der Waals surface area contributed by atoms with Crippen molar-refractivity contribution in [1.29, 1.82) is 0 Å². The number of aromatic nitrogens is 2. The fraction of sp³-hybridized carbons (Fsp3) is 0. The quantitative estimate of drug-likeness (QED) is 0.586. The number of hydrogen-bond donors (Lipinski definition) is 3. The first-order valence-electron chi connectivity index (χ1n) is 5.37. The lowest BCUT2D eigenvalue weighted by Gasteiger charge is -2.09. The van der Waals surface area contributed by atoms with Crippen molar-refractivity contribution in [1.82, 2.24) is 10.2 Å². The summed E-state index contributed by atoms with van der Waals surface area (Å²) in [6.07, 6.45) is 1.76. The number of nitrogens with two attached hydrogens (primary N) is 1. The third-order valence-corrected chi connectivity index (χ3v) is 2.66. The topological polar surface area (TPSA) is 66.7 Å². The first-order valence-corrected chi connectivity index (χ1v) is 5.37. The van der Waals surface area contributed by atoms with Crippen LogP contribution in [0.25, 0.3) is 10.9 Å². The first-order chi connectivity index (χ1) is 8.33. The van der Waals surface area contributed by atoms with Crippen LogP contribution in [0.15, 0.2) is 48.7 Å². The Kier molecular flexibility index (Phi) is 2.19. The van der Waals surface area contributed by atoms with Gasteiger partial charge >= 0.3 is 0 Å². The first kappa shape index (κ1) is 9.72. The van der Waals surface area contributed by atoms with Crippen molar-refractivity contribution in [2.24, 2.45) is 0 Å². The van der Waals surface area contributed by atoms with Crippen LogP contribution in [0.5, 0.6) is 0 Å². The third kappa shape index (κ3) is 1.80. The van der Waals surface area contributed by atoms with E-state index >= 15 is 0 Å². The minimum atomic E-state index is 0.711. The molecule has 0 bridgehead atoms. The highest BCUT2D eigenvalue weighted by molar-refractivity contribution is 5.89. The monoisotopic (exact) mass is 224 g/mol. The van der Waals surface area contributed by atoms with Crippen molar-refractivity contribution in [2.45, 2.75) is 0 Å². The fourth-order valence-electron chi connectivity index (χ4n) is 1.79. The van der Waals surface area contributed by atoms with Gasteiger partial charge in [-0.3, -0.25) is 5.10 Å². The highest BCUT2D eigenvalue weighted by atomic mass is 15.1. The van der Waals surface area contributed by atoms with Crippen LogP contribution in [0, 0.1) is 0 Å². The summed E-state index contributed by atoms with van der Waals surface area (Å²) in [7, 11) is 0. The Morgan fingerprint density at radius 3 is 2.76 bits per heavy atom. The van der Waals surface area contributed by atoms with Crippen molar-refractivity contribution in [3.8, 4) is 0 Å². The van der Waals surface area contributed by atoms with Gasteiger partial charge in [0.2, 0.25) is 0 Å². The summed E-state index contributed by atoms with van der Waals surface area (Å²) >= 11 is 0. The molecule has 0 saturated carbocycles. The molecule has 4 nitrogen and oxygen atoms in total. The lowest BCUT2D eigenvalue weighted by Crippen LogP contribution is -1.95. The lowest BCUT2D eigenvalue weighted by molar-refractivity contribution is 1.12. The maximum Gasteiger partial charge on any atom is 0.0672 e. The second-order valence-corrected chi connectivity index (χ2v) is 3.89. The Hall–Kier alpha value is -2.49. The van der Waals surface area contributed by atoms with Gasteiger partial charge in [0.15, 0.2) is 0 Å². The number of H-pyrrole nitrogens is 1. The van der Waals surface area contributed by atoms with Crippen molar-refractivity contribution in [3.63, 3.8) is 0 Å². The molecule has 0 amide bonds. The molecule has 0 aliphatic rings. The number of benzene rings is 2. The van der Waals surface area contributed by atoms with E-state index in [-0.39, 0.29) is 0 Å². The molecule has 0 fully saturated rings.